The molecular formula is C21H16FN3O2. The Morgan fingerprint density at radius 3 is 2.44 bits per heavy atom. The van der Waals surface area contributed by atoms with Crippen LogP contribution in [0.5, 0.6) is 0 Å². The van der Waals surface area contributed by atoms with Gasteiger partial charge in [-0.05, 0) is 49.8 Å². The number of hydrogen-bond donors (Lipinski definition) is 0. The van der Waals surface area contributed by atoms with E-state index in [1.54, 1.807) is 36.4 Å². The number of hydrogen-bond acceptors (Lipinski definition) is 3. The minimum Gasteiger partial charge on any atom is -0.318 e. The molecule has 0 saturated heterocycles. The van der Waals surface area contributed by atoms with Crippen LogP contribution in [-0.2, 0) is 0 Å². The standard InChI is InChI=1S/C21H16FN3O2/c1-14-11-16(12-17(13-23)20-5-3-4-6-21(20)22)15(2)24(14)18-7-9-19(10-8-18)25(26)27/h3-12H,1-2H3/b17-12+. The lowest BCUT2D eigenvalue weighted by atomic mass is 10.0. The van der Waals surface area contributed by atoms with Gasteiger partial charge in [0, 0.05) is 34.8 Å². The molecule has 5 nitrogen and oxygen atoms in total. The molecule has 0 aliphatic rings. The van der Waals surface area contributed by atoms with Crippen LogP contribution >= 0.6 is 0 Å². The highest BCUT2D eigenvalue weighted by atomic mass is 19.1. The van der Waals surface area contributed by atoms with Gasteiger partial charge < -0.3 is 4.57 Å². The summed E-state index contributed by atoms with van der Waals surface area (Å²) in [4.78, 5) is 10.4. The first-order valence-corrected chi connectivity index (χ1v) is 8.23. The zero-order chi connectivity index (χ0) is 19.6. The molecule has 0 N–H and O–H groups in total. The highest BCUT2D eigenvalue weighted by Crippen LogP contribution is 2.27. The van der Waals surface area contributed by atoms with Gasteiger partial charge in [0.25, 0.3) is 5.69 Å². The van der Waals surface area contributed by atoms with Gasteiger partial charge in [-0.1, -0.05) is 18.2 Å². The van der Waals surface area contributed by atoms with Gasteiger partial charge in [0.15, 0.2) is 0 Å². The minimum atomic E-state index is -0.450. The van der Waals surface area contributed by atoms with E-state index < -0.39 is 10.7 Å². The maximum absolute atomic E-state index is 14.0. The van der Waals surface area contributed by atoms with Gasteiger partial charge in [-0.2, -0.15) is 5.26 Å². The number of rotatable bonds is 4. The fourth-order valence-corrected chi connectivity index (χ4v) is 3.06. The van der Waals surface area contributed by atoms with E-state index >= 15 is 0 Å². The fraction of sp³-hybridized carbons (Fsp3) is 0.0952. The van der Waals surface area contributed by atoms with Crippen LogP contribution in [0.1, 0.15) is 22.5 Å². The molecule has 0 radical (unpaired) electrons. The van der Waals surface area contributed by atoms with Gasteiger partial charge >= 0.3 is 0 Å². The molecule has 0 atom stereocenters. The summed E-state index contributed by atoms with van der Waals surface area (Å²) in [7, 11) is 0. The summed E-state index contributed by atoms with van der Waals surface area (Å²) in [6.45, 7) is 3.79. The predicted octanol–water partition coefficient (Wildman–Crippen LogP) is 5.21. The molecule has 0 saturated carbocycles. The van der Waals surface area contributed by atoms with Gasteiger partial charge in [-0.15, -0.1) is 0 Å². The lowest BCUT2D eigenvalue weighted by Gasteiger charge is -2.09. The van der Waals surface area contributed by atoms with Gasteiger partial charge in [0.1, 0.15) is 5.82 Å². The van der Waals surface area contributed by atoms with Crippen molar-refractivity contribution in [3.63, 3.8) is 0 Å². The Balaban J connectivity index is 2.07. The highest BCUT2D eigenvalue weighted by Gasteiger charge is 2.13. The van der Waals surface area contributed by atoms with Gasteiger partial charge in [-0.25, -0.2) is 4.39 Å². The van der Waals surface area contributed by atoms with E-state index in [9.17, 15) is 19.8 Å². The van der Waals surface area contributed by atoms with Crippen LogP contribution in [0.2, 0.25) is 0 Å². The second-order valence-corrected chi connectivity index (χ2v) is 6.09. The number of halogens is 1. The Morgan fingerprint density at radius 2 is 1.85 bits per heavy atom. The molecule has 0 amide bonds. The van der Waals surface area contributed by atoms with E-state index in [1.807, 2.05) is 24.5 Å². The van der Waals surface area contributed by atoms with E-state index in [0.29, 0.717) is 0 Å². The molecule has 0 aliphatic carbocycles. The molecular weight excluding hydrogens is 345 g/mol. The second-order valence-electron chi connectivity index (χ2n) is 6.09. The smallest absolute Gasteiger partial charge is 0.269 e. The van der Waals surface area contributed by atoms with E-state index in [2.05, 4.69) is 6.07 Å². The number of nitriles is 1. The maximum atomic E-state index is 14.0. The Hall–Kier alpha value is -3.72. The lowest BCUT2D eigenvalue weighted by molar-refractivity contribution is -0.384. The fourth-order valence-electron chi connectivity index (χ4n) is 3.06. The zero-order valence-corrected chi connectivity index (χ0v) is 14.8. The number of aryl methyl sites for hydroxylation is 1. The molecule has 0 spiro atoms. The van der Waals surface area contributed by atoms with Crippen molar-refractivity contribution >= 4 is 17.3 Å². The van der Waals surface area contributed by atoms with Crippen LogP contribution in [0.3, 0.4) is 0 Å². The van der Waals surface area contributed by atoms with Gasteiger partial charge in [0.05, 0.1) is 16.6 Å². The molecule has 3 rings (SSSR count). The average molecular weight is 361 g/mol. The minimum absolute atomic E-state index is 0.0210. The Kier molecular flexibility index (Phi) is 4.86. The molecule has 0 aliphatic heterocycles. The second kappa shape index (κ2) is 7.26. The van der Waals surface area contributed by atoms with Crippen LogP contribution in [0, 0.1) is 41.1 Å². The van der Waals surface area contributed by atoms with Crippen LogP contribution in [0.15, 0.2) is 54.6 Å². The third-order valence-corrected chi connectivity index (χ3v) is 4.37. The number of nitro groups is 1. The molecule has 0 bridgehead atoms. The Morgan fingerprint density at radius 1 is 1.19 bits per heavy atom. The van der Waals surface area contributed by atoms with Crippen molar-refractivity contribution in [2.75, 3.05) is 0 Å². The summed E-state index contributed by atoms with van der Waals surface area (Å²) < 4.78 is 16.0. The first-order valence-electron chi connectivity index (χ1n) is 8.23. The summed E-state index contributed by atoms with van der Waals surface area (Å²) in [5, 5.41) is 20.3. The van der Waals surface area contributed by atoms with E-state index in [1.165, 1.54) is 18.2 Å². The third kappa shape index (κ3) is 3.48. The molecule has 2 aromatic carbocycles. The molecule has 3 aromatic rings. The summed E-state index contributed by atoms with van der Waals surface area (Å²) in [5.41, 5.74) is 3.82. The predicted molar refractivity (Wildman–Crippen MR) is 102 cm³/mol. The summed E-state index contributed by atoms with van der Waals surface area (Å²) in [6.07, 6.45) is 1.66. The number of benzene rings is 2. The van der Waals surface area contributed by atoms with Gasteiger partial charge in [0.2, 0.25) is 0 Å². The van der Waals surface area contributed by atoms with Crippen LogP contribution < -0.4 is 0 Å². The first-order chi connectivity index (χ1) is 12.9. The largest absolute Gasteiger partial charge is 0.318 e. The van der Waals surface area contributed by atoms with E-state index in [0.717, 1.165) is 22.6 Å². The third-order valence-electron chi connectivity index (χ3n) is 4.37. The molecule has 1 aromatic heterocycles. The monoisotopic (exact) mass is 361 g/mol. The quantitative estimate of drug-likeness (QED) is 0.364. The van der Waals surface area contributed by atoms with Crippen molar-refractivity contribution in [3.8, 4) is 11.8 Å². The number of allylic oxidation sites excluding steroid dienone is 1. The van der Waals surface area contributed by atoms with Crippen molar-refractivity contribution in [2.24, 2.45) is 0 Å². The Labute approximate surface area is 155 Å². The molecule has 0 fully saturated rings. The van der Waals surface area contributed by atoms with Crippen LogP contribution in [0.25, 0.3) is 17.3 Å². The van der Waals surface area contributed by atoms with Crippen molar-refractivity contribution in [1.82, 2.24) is 4.57 Å². The zero-order valence-electron chi connectivity index (χ0n) is 14.8. The van der Waals surface area contributed by atoms with Crippen LogP contribution in [-0.4, -0.2) is 9.49 Å². The number of nitro benzene ring substituents is 1. The van der Waals surface area contributed by atoms with E-state index in [4.69, 9.17) is 0 Å². The normalized spacial score (nSPS) is 11.3. The molecule has 6 heteroatoms. The maximum Gasteiger partial charge on any atom is 0.269 e. The van der Waals surface area contributed by atoms with Crippen molar-refractivity contribution in [3.05, 3.63) is 93.0 Å². The SMILES string of the molecule is Cc1cc(/C=C(\C#N)c2ccccc2F)c(C)n1-c1ccc([N+](=O)[O-])cc1. The summed E-state index contributed by atoms with van der Waals surface area (Å²) in [6, 6.07) is 16.4. The number of nitrogens with zero attached hydrogens (tertiary/aromatic N) is 3. The topological polar surface area (TPSA) is 71.9 Å². The van der Waals surface area contributed by atoms with Crippen LogP contribution in [0.4, 0.5) is 10.1 Å². The molecule has 1 heterocycles. The van der Waals surface area contributed by atoms with E-state index in [-0.39, 0.29) is 16.8 Å². The molecule has 134 valence electrons. The van der Waals surface area contributed by atoms with Crippen molar-refractivity contribution in [2.45, 2.75) is 13.8 Å². The Bertz CT molecular complexity index is 1090. The number of aromatic nitrogens is 1. The van der Waals surface area contributed by atoms with Gasteiger partial charge in [-0.3, -0.25) is 10.1 Å². The number of non-ortho nitro benzene ring substituents is 1. The van der Waals surface area contributed by atoms with Crippen molar-refractivity contribution < 1.29 is 9.31 Å². The molecule has 27 heavy (non-hydrogen) atoms. The summed E-state index contributed by atoms with van der Waals surface area (Å²) >= 11 is 0. The van der Waals surface area contributed by atoms with Crippen molar-refractivity contribution in [1.29, 1.82) is 5.26 Å². The molecule has 0 unspecified atom stereocenters. The average Bonchev–Trinajstić information content (AvgIpc) is 2.93. The highest BCUT2D eigenvalue weighted by molar-refractivity contribution is 5.90. The summed E-state index contributed by atoms with van der Waals surface area (Å²) in [5.74, 6) is -0.450. The first kappa shape index (κ1) is 18.1. The lowest BCUT2D eigenvalue weighted by Crippen LogP contribution is -1.99.